The van der Waals surface area contributed by atoms with Gasteiger partial charge < -0.3 is 5.32 Å². The fourth-order valence-corrected chi connectivity index (χ4v) is 2.95. The van der Waals surface area contributed by atoms with Crippen molar-refractivity contribution in [2.24, 2.45) is 0 Å². The summed E-state index contributed by atoms with van der Waals surface area (Å²) in [6.07, 6.45) is -4.37. The molecule has 2 aromatic rings. The van der Waals surface area contributed by atoms with Gasteiger partial charge in [0.25, 0.3) is 0 Å². The number of anilines is 1. The normalized spacial score (nSPS) is 11.5. The largest absolute Gasteiger partial charge is 0.417 e. The van der Waals surface area contributed by atoms with E-state index in [0.29, 0.717) is 12.2 Å². The van der Waals surface area contributed by atoms with Crippen molar-refractivity contribution in [1.82, 2.24) is 0 Å². The lowest BCUT2D eigenvalue weighted by atomic mass is 10.1. The van der Waals surface area contributed by atoms with Crippen LogP contribution in [0.5, 0.6) is 0 Å². The first kappa shape index (κ1) is 16.4. The molecule has 1 N–H and O–H groups in total. The Balaban J connectivity index is 2.17. The summed E-state index contributed by atoms with van der Waals surface area (Å²) in [6.45, 7) is 2.42. The molecule has 1 nitrogen and oxygen atoms in total. The molecular formula is C15H12Br2F3N. The lowest BCUT2D eigenvalue weighted by Crippen LogP contribution is -2.08. The fourth-order valence-electron chi connectivity index (χ4n) is 1.85. The standard InChI is InChI=1S/C15H12Br2F3N/c1-9-2-3-10(14(17)6-9)8-21-11-4-5-13(16)12(7-11)15(18,19)20/h2-7,21H,8H2,1H3. The van der Waals surface area contributed by atoms with Gasteiger partial charge >= 0.3 is 6.18 Å². The number of alkyl halides is 3. The van der Waals surface area contributed by atoms with E-state index in [-0.39, 0.29) is 4.47 Å². The van der Waals surface area contributed by atoms with Gasteiger partial charge in [0.05, 0.1) is 5.56 Å². The number of nitrogens with one attached hydrogen (secondary N) is 1. The summed E-state index contributed by atoms with van der Waals surface area (Å²) in [7, 11) is 0. The van der Waals surface area contributed by atoms with Crippen LogP contribution < -0.4 is 5.32 Å². The monoisotopic (exact) mass is 421 g/mol. The van der Waals surface area contributed by atoms with Crippen molar-refractivity contribution >= 4 is 37.5 Å². The highest BCUT2D eigenvalue weighted by Gasteiger charge is 2.33. The van der Waals surface area contributed by atoms with Gasteiger partial charge in [0.2, 0.25) is 0 Å². The summed E-state index contributed by atoms with van der Waals surface area (Å²) < 4.78 is 39.5. The van der Waals surface area contributed by atoms with Gasteiger partial charge in [-0.15, -0.1) is 0 Å². The molecule has 21 heavy (non-hydrogen) atoms. The molecule has 0 unspecified atom stereocenters. The number of rotatable bonds is 3. The van der Waals surface area contributed by atoms with Gasteiger partial charge in [-0.25, -0.2) is 0 Å². The van der Waals surface area contributed by atoms with Crippen LogP contribution in [-0.2, 0) is 12.7 Å². The molecule has 0 saturated heterocycles. The molecule has 0 aliphatic rings. The number of halogens is 5. The molecular weight excluding hydrogens is 411 g/mol. The summed E-state index contributed by atoms with van der Waals surface area (Å²) >= 11 is 6.38. The van der Waals surface area contributed by atoms with E-state index in [1.807, 2.05) is 25.1 Å². The van der Waals surface area contributed by atoms with Crippen LogP contribution in [0, 0.1) is 6.92 Å². The van der Waals surface area contributed by atoms with Crippen LogP contribution in [0.4, 0.5) is 18.9 Å². The van der Waals surface area contributed by atoms with Gasteiger partial charge in [-0.3, -0.25) is 0 Å². The van der Waals surface area contributed by atoms with Gasteiger partial charge in [-0.05, 0) is 42.3 Å². The minimum atomic E-state index is -4.37. The van der Waals surface area contributed by atoms with Crippen LogP contribution in [0.2, 0.25) is 0 Å². The summed E-state index contributed by atoms with van der Waals surface area (Å²) in [6, 6.07) is 9.99. The second-order valence-corrected chi connectivity index (χ2v) is 6.35. The minimum Gasteiger partial charge on any atom is -0.381 e. The summed E-state index contributed by atoms with van der Waals surface area (Å²) in [5.41, 5.74) is 1.85. The maximum atomic E-state index is 12.8. The van der Waals surface area contributed by atoms with Crippen LogP contribution in [0.1, 0.15) is 16.7 Å². The summed E-state index contributed by atoms with van der Waals surface area (Å²) in [5.74, 6) is 0. The van der Waals surface area contributed by atoms with Crippen molar-refractivity contribution in [3.8, 4) is 0 Å². The van der Waals surface area contributed by atoms with Crippen molar-refractivity contribution in [2.45, 2.75) is 19.6 Å². The van der Waals surface area contributed by atoms with Crippen molar-refractivity contribution in [2.75, 3.05) is 5.32 Å². The molecule has 0 aliphatic heterocycles. The third-order valence-electron chi connectivity index (χ3n) is 2.96. The predicted octanol–water partition coefficient (Wildman–Crippen LogP) is 6.15. The van der Waals surface area contributed by atoms with Gasteiger partial charge in [-0.1, -0.05) is 44.0 Å². The Hall–Kier alpha value is -1.01. The van der Waals surface area contributed by atoms with E-state index in [4.69, 9.17) is 0 Å². The molecule has 6 heteroatoms. The minimum absolute atomic E-state index is 0.0390. The average Bonchev–Trinajstić information content (AvgIpc) is 2.38. The van der Waals surface area contributed by atoms with Crippen LogP contribution in [-0.4, -0.2) is 0 Å². The van der Waals surface area contributed by atoms with Gasteiger partial charge in [0.1, 0.15) is 0 Å². The van der Waals surface area contributed by atoms with E-state index < -0.39 is 11.7 Å². The van der Waals surface area contributed by atoms with E-state index in [9.17, 15) is 13.2 Å². The van der Waals surface area contributed by atoms with Crippen LogP contribution in [0.3, 0.4) is 0 Å². The molecule has 0 amide bonds. The Bertz CT molecular complexity index is 654. The lowest BCUT2D eigenvalue weighted by Gasteiger charge is -2.13. The molecule has 0 atom stereocenters. The predicted molar refractivity (Wildman–Crippen MR) is 85.3 cm³/mol. The first-order valence-electron chi connectivity index (χ1n) is 6.13. The second-order valence-electron chi connectivity index (χ2n) is 4.64. The topological polar surface area (TPSA) is 12.0 Å². The maximum absolute atomic E-state index is 12.8. The zero-order chi connectivity index (χ0) is 15.6. The molecule has 0 heterocycles. The Morgan fingerprint density at radius 3 is 2.33 bits per heavy atom. The highest BCUT2D eigenvalue weighted by atomic mass is 79.9. The Kier molecular flexibility index (Phi) is 4.99. The van der Waals surface area contributed by atoms with Crippen molar-refractivity contribution in [3.05, 3.63) is 62.0 Å². The number of hydrogen-bond donors (Lipinski definition) is 1. The van der Waals surface area contributed by atoms with E-state index in [2.05, 4.69) is 37.2 Å². The zero-order valence-corrected chi connectivity index (χ0v) is 14.2. The first-order chi connectivity index (χ1) is 9.77. The quantitative estimate of drug-likeness (QED) is 0.625. The maximum Gasteiger partial charge on any atom is 0.417 e. The highest BCUT2D eigenvalue weighted by molar-refractivity contribution is 9.10. The average molecular weight is 423 g/mol. The first-order valence-corrected chi connectivity index (χ1v) is 7.71. The molecule has 0 aliphatic carbocycles. The van der Waals surface area contributed by atoms with E-state index >= 15 is 0 Å². The fraction of sp³-hybridized carbons (Fsp3) is 0.200. The van der Waals surface area contributed by atoms with Gasteiger partial charge in [-0.2, -0.15) is 13.2 Å². The van der Waals surface area contributed by atoms with E-state index in [0.717, 1.165) is 21.7 Å². The van der Waals surface area contributed by atoms with Gasteiger partial charge in [0.15, 0.2) is 0 Å². The molecule has 0 fully saturated rings. The molecule has 0 radical (unpaired) electrons. The molecule has 2 rings (SSSR count). The van der Waals surface area contributed by atoms with Crippen molar-refractivity contribution in [3.63, 3.8) is 0 Å². The Morgan fingerprint density at radius 1 is 1.00 bits per heavy atom. The molecule has 0 bridgehead atoms. The summed E-state index contributed by atoms with van der Waals surface area (Å²) in [4.78, 5) is 0. The Morgan fingerprint density at radius 2 is 1.71 bits per heavy atom. The number of hydrogen-bond acceptors (Lipinski definition) is 1. The summed E-state index contributed by atoms with van der Waals surface area (Å²) in [5, 5.41) is 3.01. The second kappa shape index (κ2) is 6.40. The highest BCUT2D eigenvalue weighted by Crippen LogP contribution is 2.36. The van der Waals surface area contributed by atoms with Crippen molar-refractivity contribution < 1.29 is 13.2 Å². The lowest BCUT2D eigenvalue weighted by molar-refractivity contribution is -0.138. The van der Waals surface area contributed by atoms with Crippen molar-refractivity contribution in [1.29, 1.82) is 0 Å². The SMILES string of the molecule is Cc1ccc(CNc2ccc(Br)c(C(F)(F)F)c2)c(Br)c1. The Labute approximate surface area is 137 Å². The van der Waals surface area contributed by atoms with Crippen LogP contribution >= 0.6 is 31.9 Å². The third-order valence-corrected chi connectivity index (χ3v) is 4.39. The molecule has 112 valence electrons. The third kappa shape index (κ3) is 4.23. The molecule has 2 aromatic carbocycles. The van der Waals surface area contributed by atoms with Gasteiger partial charge in [0, 0.05) is 21.2 Å². The van der Waals surface area contributed by atoms with Crippen LogP contribution in [0.15, 0.2) is 45.3 Å². The number of benzene rings is 2. The number of aryl methyl sites for hydroxylation is 1. The van der Waals surface area contributed by atoms with Crippen LogP contribution in [0.25, 0.3) is 0 Å². The smallest absolute Gasteiger partial charge is 0.381 e. The molecule has 0 spiro atoms. The molecule has 0 aromatic heterocycles. The molecule has 0 saturated carbocycles. The van der Waals surface area contributed by atoms with E-state index in [1.165, 1.54) is 6.07 Å². The van der Waals surface area contributed by atoms with E-state index in [1.54, 1.807) is 6.07 Å². The zero-order valence-electron chi connectivity index (χ0n) is 11.1.